The minimum Gasteiger partial charge on any atom is -0.325 e. The number of carbonyl (C=O) groups excluding carboxylic acids is 2. The first-order valence-electron chi connectivity index (χ1n) is 7.42. The van der Waals surface area contributed by atoms with E-state index in [0.717, 1.165) is 5.69 Å². The zero-order valence-electron chi connectivity index (χ0n) is 12.6. The Balaban J connectivity index is 1.63. The third-order valence-electron chi connectivity index (χ3n) is 3.74. The van der Waals surface area contributed by atoms with E-state index in [1.165, 1.54) is 5.01 Å². The van der Waals surface area contributed by atoms with Crippen LogP contribution in [0, 0.1) is 5.92 Å². The van der Waals surface area contributed by atoms with E-state index in [1.807, 2.05) is 30.3 Å². The van der Waals surface area contributed by atoms with Crippen molar-refractivity contribution in [3.63, 3.8) is 0 Å². The van der Waals surface area contributed by atoms with Crippen LogP contribution < -0.4 is 15.8 Å². The van der Waals surface area contributed by atoms with E-state index >= 15 is 0 Å². The molecule has 1 heterocycles. The van der Waals surface area contributed by atoms with Gasteiger partial charge in [-0.25, -0.2) is 10.4 Å². The molecule has 1 saturated heterocycles. The highest BCUT2D eigenvalue weighted by Crippen LogP contribution is 2.30. The minimum atomic E-state index is -0.428. The van der Waals surface area contributed by atoms with Gasteiger partial charge in [-0.15, -0.1) is 0 Å². The van der Waals surface area contributed by atoms with Crippen molar-refractivity contribution in [2.45, 2.75) is 6.42 Å². The number of nitrogens with one attached hydrogen (secondary N) is 2. The highest BCUT2D eigenvalue weighted by Gasteiger charge is 2.34. The Bertz CT molecular complexity index is 768. The first-order valence-corrected chi connectivity index (χ1v) is 8.18. The van der Waals surface area contributed by atoms with Gasteiger partial charge in [0.2, 0.25) is 11.8 Å². The Morgan fingerprint density at radius 3 is 2.67 bits per heavy atom. The van der Waals surface area contributed by atoms with Gasteiger partial charge in [-0.05, 0) is 24.3 Å². The molecular weight excluding hydrogens is 349 g/mol. The van der Waals surface area contributed by atoms with Crippen LogP contribution in [0.1, 0.15) is 6.42 Å². The number of para-hydroxylation sites is 1. The molecule has 1 fully saturated rings. The van der Waals surface area contributed by atoms with Crippen LogP contribution in [0.3, 0.4) is 0 Å². The lowest BCUT2D eigenvalue weighted by Crippen LogP contribution is -2.34. The van der Waals surface area contributed by atoms with Crippen molar-refractivity contribution in [3.8, 4) is 0 Å². The van der Waals surface area contributed by atoms with Crippen LogP contribution in [-0.2, 0) is 9.59 Å². The predicted molar refractivity (Wildman–Crippen MR) is 95.1 cm³/mol. The van der Waals surface area contributed by atoms with Crippen LogP contribution in [-0.4, -0.2) is 18.4 Å². The van der Waals surface area contributed by atoms with Gasteiger partial charge in [0.15, 0.2) is 0 Å². The number of anilines is 2. The summed E-state index contributed by atoms with van der Waals surface area (Å²) >= 11 is 12.0. The molecule has 0 radical (unpaired) electrons. The number of hydrogen-bond acceptors (Lipinski definition) is 3. The van der Waals surface area contributed by atoms with Gasteiger partial charge in [0, 0.05) is 13.0 Å². The molecule has 7 heteroatoms. The molecule has 1 atom stereocenters. The van der Waals surface area contributed by atoms with E-state index < -0.39 is 5.92 Å². The number of nitrogens with zero attached hydrogens (tertiary/aromatic N) is 1. The Labute approximate surface area is 149 Å². The van der Waals surface area contributed by atoms with Crippen LogP contribution in [0.15, 0.2) is 48.5 Å². The molecular formula is C17H15Cl2N3O2. The van der Waals surface area contributed by atoms with Gasteiger partial charge in [0.05, 0.1) is 27.3 Å². The van der Waals surface area contributed by atoms with Crippen molar-refractivity contribution >= 4 is 46.4 Å². The highest BCUT2D eigenvalue weighted by molar-refractivity contribution is 6.44. The smallest absolute Gasteiger partial charge is 0.246 e. The summed E-state index contributed by atoms with van der Waals surface area (Å²) in [7, 11) is 0. The van der Waals surface area contributed by atoms with Crippen molar-refractivity contribution < 1.29 is 9.59 Å². The minimum absolute atomic E-state index is 0.0675. The van der Waals surface area contributed by atoms with Gasteiger partial charge in [-0.3, -0.25) is 9.59 Å². The predicted octanol–water partition coefficient (Wildman–Crippen LogP) is 3.49. The molecule has 24 heavy (non-hydrogen) atoms. The molecule has 0 spiro atoms. The Morgan fingerprint density at radius 2 is 1.92 bits per heavy atom. The van der Waals surface area contributed by atoms with Crippen LogP contribution in [0.2, 0.25) is 10.0 Å². The SMILES string of the molecule is O=C(CC1CNN(c2ccccc2)C1=O)Nc1cccc(Cl)c1Cl. The standard InChI is InChI=1S/C17H15Cl2N3O2/c18-13-7-4-8-14(16(13)19)21-15(23)9-11-10-20-22(17(11)24)12-5-2-1-3-6-12/h1-8,11,20H,9-10H2,(H,21,23). The molecule has 2 aromatic rings. The molecule has 1 unspecified atom stereocenters. The lowest BCUT2D eigenvalue weighted by atomic mass is 10.1. The molecule has 0 aromatic heterocycles. The number of benzene rings is 2. The van der Waals surface area contributed by atoms with Gasteiger partial charge in [0.1, 0.15) is 0 Å². The first kappa shape index (κ1) is 16.8. The number of halogens is 2. The van der Waals surface area contributed by atoms with Crippen molar-refractivity contribution in [2.75, 3.05) is 16.9 Å². The molecule has 5 nitrogen and oxygen atoms in total. The molecule has 0 bridgehead atoms. The van der Waals surface area contributed by atoms with Gasteiger partial charge in [0.25, 0.3) is 0 Å². The van der Waals surface area contributed by atoms with Crippen LogP contribution >= 0.6 is 23.2 Å². The van der Waals surface area contributed by atoms with Crippen molar-refractivity contribution in [3.05, 3.63) is 58.6 Å². The Hall–Kier alpha value is -2.08. The second-order valence-electron chi connectivity index (χ2n) is 5.42. The van der Waals surface area contributed by atoms with Crippen LogP contribution in [0.25, 0.3) is 0 Å². The lowest BCUT2D eigenvalue weighted by Gasteiger charge is -2.16. The first-order chi connectivity index (χ1) is 11.6. The Kier molecular flexibility index (Phi) is 5.04. The molecule has 124 valence electrons. The fourth-order valence-electron chi connectivity index (χ4n) is 2.53. The van der Waals surface area contributed by atoms with E-state index in [2.05, 4.69) is 10.7 Å². The average Bonchev–Trinajstić information content (AvgIpc) is 2.93. The maximum absolute atomic E-state index is 12.5. The summed E-state index contributed by atoms with van der Waals surface area (Å²) < 4.78 is 0. The van der Waals surface area contributed by atoms with E-state index in [4.69, 9.17) is 23.2 Å². The third-order valence-corrected chi connectivity index (χ3v) is 4.56. The normalized spacial score (nSPS) is 17.2. The molecule has 1 aliphatic heterocycles. The number of hydrazine groups is 1. The van der Waals surface area contributed by atoms with Crippen molar-refractivity contribution in [1.29, 1.82) is 0 Å². The maximum atomic E-state index is 12.5. The van der Waals surface area contributed by atoms with Gasteiger partial charge >= 0.3 is 0 Å². The summed E-state index contributed by atoms with van der Waals surface area (Å²) in [6, 6.07) is 14.3. The zero-order chi connectivity index (χ0) is 17.1. The molecule has 0 aliphatic carbocycles. The number of carbonyl (C=O) groups is 2. The third kappa shape index (κ3) is 3.53. The molecule has 1 aliphatic rings. The molecule has 2 aromatic carbocycles. The van der Waals surface area contributed by atoms with Crippen LogP contribution in [0.5, 0.6) is 0 Å². The summed E-state index contributed by atoms with van der Waals surface area (Å²) in [5.41, 5.74) is 4.21. The molecule has 2 N–H and O–H groups in total. The topological polar surface area (TPSA) is 61.4 Å². The van der Waals surface area contributed by atoms with E-state index in [1.54, 1.807) is 18.2 Å². The van der Waals surface area contributed by atoms with E-state index in [9.17, 15) is 9.59 Å². The largest absolute Gasteiger partial charge is 0.325 e. The van der Waals surface area contributed by atoms with E-state index in [0.29, 0.717) is 17.3 Å². The second kappa shape index (κ2) is 7.21. The van der Waals surface area contributed by atoms with Gasteiger partial charge in [-0.2, -0.15) is 0 Å². The summed E-state index contributed by atoms with van der Waals surface area (Å²) in [5, 5.41) is 4.83. The second-order valence-corrected chi connectivity index (χ2v) is 6.21. The number of amides is 2. The quantitative estimate of drug-likeness (QED) is 0.873. The van der Waals surface area contributed by atoms with Crippen molar-refractivity contribution in [2.24, 2.45) is 5.92 Å². The fourth-order valence-corrected chi connectivity index (χ4v) is 2.88. The number of rotatable bonds is 4. The fraction of sp³-hybridized carbons (Fsp3) is 0.176. The molecule has 3 rings (SSSR count). The Morgan fingerprint density at radius 1 is 1.17 bits per heavy atom. The summed E-state index contributed by atoms with van der Waals surface area (Å²) in [4.78, 5) is 24.7. The summed E-state index contributed by atoms with van der Waals surface area (Å²) in [6.07, 6.45) is 0.0675. The highest BCUT2D eigenvalue weighted by atomic mass is 35.5. The monoisotopic (exact) mass is 363 g/mol. The summed E-state index contributed by atoms with van der Waals surface area (Å²) in [6.45, 7) is 0.407. The van der Waals surface area contributed by atoms with Crippen LogP contribution in [0.4, 0.5) is 11.4 Å². The molecule has 2 amide bonds. The molecule has 0 saturated carbocycles. The lowest BCUT2D eigenvalue weighted by molar-refractivity contribution is -0.124. The van der Waals surface area contributed by atoms with E-state index in [-0.39, 0.29) is 23.3 Å². The average molecular weight is 364 g/mol. The van der Waals surface area contributed by atoms with Crippen molar-refractivity contribution in [1.82, 2.24) is 5.43 Å². The van der Waals surface area contributed by atoms with Gasteiger partial charge < -0.3 is 5.32 Å². The maximum Gasteiger partial charge on any atom is 0.246 e. The zero-order valence-corrected chi connectivity index (χ0v) is 14.1. The van der Waals surface area contributed by atoms with Gasteiger partial charge in [-0.1, -0.05) is 47.5 Å². The number of hydrogen-bond donors (Lipinski definition) is 2. The summed E-state index contributed by atoms with van der Waals surface area (Å²) in [5.74, 6) is -0.842.